The van der Waals surface area contributed by atoms with Crippen LogP contribution in [0.15, 0.2) is 67.0 Å². The van der Waals surface area contributed by atoms with Crippen LogP contribution in [0.1, 0.15) is 16.1 Å². The summed E-state index contributed by atoms with van der Waals surface area (Å²) in [6, 6.07) is 16.4. The zero-order valence-corrected chi connectivity index (χ0v) is 15.6. The van der Waals surface area contributed by atoms with E-state index in [2.05, 4.69) is 15.4 Å². The molecule has 1 N–H and O–H groups in total. The number of carbonyl (C=O) groups excluding carboxylic acids is 1. The number of anilines is 1. The Bertz CT molecular complexity index is 1130. The van der Waals surface area contributed by atoms with E-state index in [-0.39, 0.29) is 5.91 Å². The molecule has 0 bridgehead atoms. The Morgan fingerprint density at radius 3 is 2.59 bits per heavy atom. The fourth-order valence-corrected chi connectivity index (χ4v) is 3.32. The molecule has 0 aliphatic heterocycles. The Labute approximate surface area is 165 Å². The number of hydrogen-bond donors (Lipinski definition) is 1. The van der Waals surface area contributed by atoms with E-state index in [1.165, 1.54) is 0 Å². The summed E-state index contributed by atoms with van der Waals surface area (Å²) in [5.41, 5.74) is 2.74. The van der Waals surface area contributed by atoms with E-state index < -0.39 is 0 Å². The van der Waals surface area contributed by atoms with Crippen molar-refractivity contribution in [3.63, 3.8) is 0 Å². The normalized spacial score (nSPS) is 10.9. The third-order valence-electron chi connectivity index (χ3n) is 4.15. The van der Waals surface area contributed by atoms with Crippen LogP contribution >= 0.6 is 23.2 Å². The summed E-state index contributed by atoms with van der Waals surface area (Å²) >= 11 is 12.3. The van der Waals surface area contributed by atoms with E-state index in [9.17, 15) is 4.79 Å². The molecular formula is C20H14Cl2N4O. The Hall–Kier alpha value is -2.89. The van der Waals surface area contributed by atoms with Gasteiger partial charge in [0.15, 0.2) is 5.69 Å². The lowest BCUT2D eigenvalue weighted by Crippen LogP contribution is -2.14. The number of fused-ring (bicyclic) bond motifs is 1. The molecule has 0 saturated carbocycles. The van der Waals surface area contributed by atoms with Crippen LogP contribution < -0.4 is 5.32 Å². The van der Waals surface area contributed by atoms with E-state index >= 15 is 0 Å². The van der Waals surface area contributed by atoms with Gasteiger partial charge < -0.3 is 5.32 Å². The highest BCUT2D eigenvalue weighted by atomic mass is 35.5. The SMILES string of the molecule is O=C(Nc1ccncc1)c1nn(Cc2ccc(Cl)cc2Cl)c2ccccc12. The molecule has 0 unspecified atom stereocenters. The second-order valence-corrected chi connectivity index (χ2v) is 6.79. The van der Waals surface area contributed by atoms with Gasteiger partial charge in [0, 0.05) is 33.5 Å². The molecule has 0 aliphatic rings. The fourth-order valence-electron chi connectivity index (χ4n) is 2.85. The zero-order chi connectivity index (χ0) is 18.8. The maximum absolute atomic E-state index is 12.8. The lowest BCUT2D eigenvalue weighted by molar-refractivity contribution is 0.102. The molecule has 2 aromatic carbocycles. The summed E-state index contributed by atoms with van der Waals surface area (Å²) in [5.74, 6) is -0.279. The van der Waals surface area contributed by atoms with E-state index in [0.717, 1.165) is 16.5 Å². The molecule has 2 heterocycles. The first-order chi connectivity index (χ1) is 13.1. The highest BCUT2D eigenvalue weighted by molar-refractivity contribution is 6.35. The van der Waals surface area contributed by atoms with E-state index in [1.807, 2.05) is 30.3 Å². The molecule has 0 atom stereocenters. The summed E-state index contributed by atoms with van der Waals surface area (Å²) < 4.78 is 1.77. The average molecular weight is 397 g/mol. The number of hydrogen-bond acceptors (Lipinski definition) is 3. The standard InChI is InChI=1S/C20H14Cl2N4O/c21-14-6-5-13(17(22)11-14)12-26-18-4-2-1-3-16(18)19(25-26)20(27)24-15-7-9-23-10-8-15/h1-11H,12H2,(H,23,24,27). The number of nitrogens with one attached hydrogen (secondary N) is 1. The lowest BCUT2D eigenvalue weighted by Gasteiger charge is -2.06. The van der Waals surface area contributed by atoms with Crippen LogP contribution in [0.4, 0.5) is 5.69 Å². The van der Waals surface area contributed by atoms with Crippen molar-refractivity contribution in [3.8, 4) is 0 Å². The number of carbonyl (C=O) groups is 1. The topological polar surface area (TPSA) is 59.8 Å². The first-order valence-corrected chi connectivity index (χ1v) is 8.98. The minimum Gasteiger partial charge on any atom is -0.320 e. The minimum absolute atomic E-state index is 0.279. The molecule has 2 aromatic heterocycles. The van der Waals surface area contributed by atoms with Crippen molar-refractivity contribution in [1.29, 1.82) is 0 Å². The lowest BCUT2D eigenvalue weighted by atomic mass is 10.2. The third-order valence-corrected chi connectivity index (χ3v) is 4.73. The number of halogens is 2. The molecule has 0 saturated heterocycles. The predicted octanol–water partition coefficient (Wildman–Crippen LogP) is 5.04. The van der Waals surface area contributed by atoms with Gasteiger partial charge in [0.25, 0.3) is 5.91 Å². The monoisotopic (exact) mass is 396 g/mol. The van der Waals surface area contributed by atoms with Crippen LogP contribution in [0.2, 0.25) is 10.0 Å². The van der Waals surface area contributed by atoms with Gasteiger partial charge in [-0.1, -0.05) is 47.5 Å². The van der Waals surface area contributed by atoms with Crippen LogP contribution in [-0.4, -0.2) is 20.7 Å². The van der Waals surface area contributed by atoms with Crippen molar-refractivity contribution in [2.45, 2.75) is 6.54 Å². The summed E-state index contributed by atoms with van der Waals surface area (Å²) in [6.45, 7) is 0.430. The van der Waals surface area contributed by atoms with Crippen molar-refractivity contribution in [1.82, 2.24) is 14.8 Å². The molecule has 0 radical (unpaired) electrons. The number of rotatable bonds is 4. The summed E-state index contributed by atoms with van der Waals surface area (Å²) in [6.07, 6.45) is 3.24. The van der Waals surface area contributed by atoms with Crippen molar-refractivity contribution in [2.75, 3.05) is 5.32 Å². The predicted molar refractivity (Wildman–Crippen MR) is 107 cm³/mol. The minimum atomic E-state index is -0.279. The molecule has 0 aliphatic carbocycles. The second kappa shape index (κ2) is 7.39. The van der Waals surface area contributed by atoms with Gasteiger partial charge in [-0.3, -0.25) is 14.5 Å². The highest BCUT2D eigenvalue weighted by Gasteiger charge is 2.18. The second-order valence-electron chi connectivity index (χ2n) is 5.95. The highest BCUT2D eigenvalue weighted by Crippen LogP contribution is 2.25. The fraction of sp³-hybridized carbons (Fsp3) is 0.0500. The van der Waals surface area contributed by atoms with Gasteiger partial charge in [0.1, 0.15) is 0 Å². The smallest absolute Gasteiger partial charge is 0.276 e. The van der Waals surface area contributed by atoms with Crippen molar-refractivity contribution >= 4 is 45.7 Å². The van der Waals surface area contributed by atoms with Gasteiger partial charge >= 0.3 is 0 Å². The molecule has 0 spiro atoms. The van der Waals surface area contributed by atoms with Gasteiger partial charge in [-0.05, 0) is 35.9 Å². The molecule has 27 heavy (non-hydrogen) atoms. The molecule has 5 nitrogen and oxygen atoms in total. The van der Waals surface area contributed by atoms with Gasteiger partial charge in [0.05, 0.1) is 12.1 Å². The quantitative estimate of drug-likeness (QED) is 0.525. The van der Waals surface area contributed by atoms with Gasteiger partial charge in [-0.15, -0.1) is 0 Å². The summed E-state index contributed by atoms with van der Waals surface area (Å²) in [4.78, 5) is 16.7. The van der Waals surface area contributed by atoms with E-state index in [4.69, 9.17) is 23.2 Å². The van der Waals surface area contributed by atoms with Gasteiger partial charge in [-0.25, -0.2) is 0 Å². The first kappa shape index (κ1) is 17.5. The molecule has 0 fully saturated rings. The number of amides is 1. The Morgan fingerprint density at radius 2 is 1.81 bits per heavy atom. The molecular weight excluding hydrogens is 383 g/mol. The molecule has 7 heteroatoms. The number of benzene rings is 2. The molecule has 4 rings (SSSR count). The van der Waals surface area contributed by atoms with Crippen LogP contribution in [0, 0.1) is 0 Å². The molecule has 4 aromatic rings. The number of pyridine rings is 1. The third kappa shape index (κ3) is 3.65. The Kier molecular flexibility index (Phi) is 4.79. The summed E-state index contributed by atoms with van der Waals surface area (Å²) in [7, 11) is 0. The maximum atomic E-state index is 12.8. The number of para-hydroxylation sites is 1. The molecule has 134 valence electrons. The van der Waals surface area contributed by atoms with E-state index in [0.29, 0.717) is 28.0 Å². The number of nitrogens with zero attached hydrogens (tertiary/aromatic N) is 3. The number of aromatic nitrogens is 3. The Morgan fingerprint density at radius 1 is 1.04 bits per heavy atom. The zero-order valence-electron chi connectivity index (χ0n) is 14.1. The molecule has 1 amide bonds. The van der Waals surface area contributed by atoms with Gasteiger partial charge in [0.2, 0.25) is 0 Å². The Balaban J connectivity index is 1.71. The van der Waals surface area contributed by atoms with Crippen LogP contribution in [0.25, 0.3) is 10.9 Å². The van der Waals surface area contributed by atoms with Crippen LogP contribution in [0.5, 0.6) is 0 Å². The van der Waals surface area contributed by atoms with Crippen molar-refractivity contribution < 1.29 is 4.79 Å². The van der Waals surface area contributed by atoms with Gasteiger partial charge in [-0.2, -0.15) is 5.10 Å². The van der Waals surface area contributed by atoms with Crippen LogP contribution in [-0.2, 0) is 6.54 Å². The summed E-state index contributed by atoms with van der Waals surface area (Å²) in [5, 5.41) is 9.30. The average Bonchev–Trinajstić information content (AvgIpc) is 3.04. The van der Waals surface area contributed by atoms with Crippen LogP contribution in [0.3, 0.4) is 0 Å². The van der Waals surface area contributed by atoms with E-state index in [1.54, 1.807) is 41.3 Å². The van der Waals surface area contributed by atoms with Crippen molar-refractivity contribution in [3.05, 3.63) is 88.3 Å². The first-order valence-electron chi connectivity index (χ1n) is 8.22. The maximum Gasteiger partial charge on any atom is 0.276 e. The van der Waals surface area contributed by atoms with Crippen molar-refractivity contribution in [2.24, 2.45) is 0 Å². The largest absolute Gasteiger partial charge is 0.320 e.